The van der Waals surface area contributed by atoms with Crippen molar-refractivity contribution in [3.8, 4) is 0 Å². The summed E-state index contributed by atoms with van der Waals surface area (Å²) in [4.78, 5) is 16.4. The third kappa shape index (κ3) is 2.07. The Labute approximate surface area is 103 Å². The van der Waals surface area contributed by atoms with Crippen molar-refractivity contribution >= 4 is 11.6 Å². The van der Waals surface area contributed by atoms with Crippen molar-refractivity contribution in [1.82, 2.24) is 4.90 Å². The number of hydrogen-bond donors (Lipinski definition) is 0. The van der Waals surface area contributed by atoms with Gasteiger partial charge >= 0.3 is 0 Å². The van der Waals surface area contributed by atoms with Crippen molar-refractivity contribution < 1.29 is 4.79 Å². The molecule has 0 aliphatic carbocycles. The van der Waals surface area contributed by atoms with Gasteiger partial charge in [0.15, 0.2) is 0 Å². The number of anilines is 1. The van der Waals surface area contributed by atoms with Crippen LogP contribution in [0.15, 0.2) is 30.3 Å². The van der Waals surface area contributed by atoms with Crippen LogP contribution >= 0.6 is 0 Å². The molecule has 3 nitrogen and oxygen atoms in total. The molecular weight excluding hydrogens is 212 g/mol. The zero-order valence-electron chi connectivity index (χ0n) is 10.8. The molecule has 2 rings (SSSR count). The first-order valence-electron chi connectivity index (χ1n) is 6.30. The third-order valence-corrected chi connectivity index (χ3v) is 3.46. The van der Waals surface area contributed by atoms with Crippen molar-refractivity contribution in [1.29, 1.82) is 0 Å². The quantitative estimate of drug-likeness (QED) is 0.799. The van der Waals surface area contributed by atoms with E-state index in [1.165, 1.54) is 0 Å². The first-order valence-corrected chi connectivity index (χ1v) is 6.30. The fourth-order valence-electron chi connectivity index (χ4n) is 2.57. The maximum absolute atomic E-state index is 12.3. The van der Waals surface area contributed by atoms with E-state index in [9.17, 15) is 4.79 Å². The smallest absolute Gasteiger partial charge is 0.245 e. The number of nitrogens with zero attached hydrogens (tertiary/aromatic N) is 2. The lowest BCUT2D eigenvalue weighted by molar-refractivity contribution is -0.119. The highest BCUT2D eigenvalue weighted by Crippen LogP contribution is 2.27. The van der Waals surface area contributed by atoms with E-state index in [2.05, 4.69) is 18.7 Å². The Morgan fingerprint density at radius 2 is 1.82 bits per heavy atom. The molecule has 1 saturated heterocycles. The third-order valence-electron chi connectivity index (χ3n) is 3.46. The number of hydrogen-bond acceptors (Lipinski definition) is 2. The second-order valence-electron chi connectivity index (χ2n) is 4.59. The van der Waals surface area contributed by atoms with Gasteiger partial charge in [-0.3, -0.25) is 14.6 Å². The molecule has 1 aromatic rings. The van der Waals surface area contributed by atoms with Gasteiger partial charge in [0.25, 0.3) is 0 Å². The van der Waals surface area contributed by atoms with Crippen LogP contribution in [0.1, 0.15) is 27.2 Å². The summed E-state index contributed by atoms with van der Waals surface area (Å²) in [5.41, 5.74) is 0.996. The summed E-state index contributed by atoms with van der Waals surface area (Å²) in [6, 6.07) is 9.91. The van der Waals surface area contributed by atoms with Gasteiger partial charge < -0.3 is 0 Å². The van der Waals surface area contributed by atoms with E-state index in [0.717, 1.165) is 18.7 Å². The second kappa shape index (κ2) is 4.88. The van der Waals surface area contributed by atoms with E-state index in [1.807, 2.05) is 42.2 Å². The molecule has 1 aliphatic heterocycles. The molecule has 1 heterocycles. The van der Waals surface area contributed by atoms with Crippen LogP contribution in [0.5, 0.6) is 0 Å². The minimum absolute atomic E-state index is 0.00911. The molecule has 0 saturated carbocycles. The molecule has 2 unspecified atom stereocenters. The summed E-state index contributed by atoms with van der Waals surface area (Å²) >= 11 is 0. The van der Waals surface area contributed by atoms with Gasteiger partial charge in [0.05, 0.1) is 12.2 Å². The molecule has 17 heavy (non-hydrogen) atoms. The highest BCUT2D eigenvalue weighted by Gasteiger charge is 2.41. The molecule has 0 aromatic heterocycles. The lowest BCUT2D eigenvalue weighted by atomic mass is 10.2. The van der Waals surface area contributed by atoms with Crippen LogP contribution in [0.4, 0.5) is 5.69 Å². The first-order chi connectivity index (χ1) is 8.16. The summed E-state index contributed by atoms with van der Waals surface area (Å²) in [5.74, 6) is 0.206. The maximum atomic E-state index is 12.3. The molecule has 1 aliphatic rings. The van der Waals surface area contributed by atoms with Gasteiger partial charge in [-0.15, -0.1) is 0 Å². The Morgan fingerprint density at radius 3 is 2.41 bits per heavy atom. The average molecular weight is 232 g/mol. The van der Waals surface area contributed by atoms with Crippen molar-refractivity contribution in [2.75, 3.05) is 11.4 Å². The maximum Gasteiger partial charge on any atom is 0.245 e. The van der Waals surface area contributed by atoms with E-state index >= 15 is 0 Å². The molecule has 1 aromatic carbocycles. The predicted molar refractivity (Wildman–Crippen MR) is 69.8 cm³/mol. The normalized spacial score (nSPS) is 25.6. The van der Waals surface area contributed by atoms with Crippen LogP contribution in [-0.4, -0.2) is 29.6 Å². The van der Waals surface area contributed by atoms with E-state index in [4.69, 9.17) is 0 Å². The summed E-state index contributed by atoms with van der Waals surface area (Å²) in [7, 11) is 0. The molecule has 3 heteroatoms. The largest absolute Gasteiger partial charge is 0.295 e. The van der Waals surface area contributed by atoms with E-state index in [-0.39, 0.29) is 18.1 Å². The van der Waals surface area contributed by atoms with E-state index in [1.54, 1.807) is 0 Å². The van der Waals surface area contributed by atoms with E-state index in [0.29, 0.717) is 0 Å². The number of rotatable bonds is 3. The lowest BCUT2D eigenvalue weighted by Gasteiger charge is -2.27. The number of para-hydroxylation sites is 1. The fourth-order valence-corrected chi connectivity index (χ4v) is 2.57. The monoisotopic (exact) mass is 232 g/mol. The van der Waals surface area contributed by atoms with Gasteiger partial charge in [-0.1, -0.05) is 25.1 Å². The minimum atomic E-state index is -0.00911. The van der Waals surface area contributed by atoms with Crippen LogP contribution < -0.4 is 4.90 Å². The zero-order chi connectivity index (χ0) is 12.4. The molecule has 0 N–H and O–H groups in total. The molecule has 0 bridgehead atoms. The van der Waals surface area contributed by atoms with Crippen molar-refractivity contribution in [2.45, 2.75) is 39.4 Å². The molecule has 2 atom stereocenters. The number of benzene rings is 1. The van der Waals surface area contributed by atoms with Gasteiger partial charge in [0, 0.05) is 12.2 Å². The van der Waals surface area contributed by atoms with Gasteiger partial charge in [-0.05, 0) is 32.4 Å². The van der Waals surface area contributed by atoms with Crippen LogP contribution in [0.3, 0.4) is 0 Å². The van der Waals surface area contributed by atoms with Crippen LogP contribution in [0.25, 0.3) is 0 Å². The first kappa shape index (κ1) is 12.1. The molecule has 0 radical (unpaired) electrons. The van der Waals surface area contributed by atoms with Gasteiger partial charge in [-0.25, -0.2) is 0 Å². The van der Waals surface area contributed by atoms with E-state index < -0.39 is 0 Å². The summed E-state index contributed by atoms with van der Waals surface area (Å²) in [6.07, 6.45) is 1.23. The predicted octanol–water partition coefficient (Wildman–Crippen LogP) is 2.48. The van der Waals surface area contributed by atoms with Crippen molar-refractivity contribution in [2.24, 2.45) is 0 Å². The van der Waals surface area contributed by atoms with Crippen LogP contribution in [0.2, 0.25) is 0 Å². The van der Waals surface area contributed by atoms with Crippen molar-refractivity contribution in [3.05, 3.63) is 30.3 Å². The molecule has 92 valence electrons. The Bertz CT molecular complexity index is 390. The number of carbonyl (C=O) groups excluding carboxylic acids is 1. The van der Waals surface area contributed by atoms with Crippen LogP contribution in [-0.2, 0) is 4.79 Å². The molecule has 1 fully saturated rings. The molecular formula is C14H20N2O. The lowest BCUT2D eigenvalue weighted by Crippen LogP contribution is -2.38. The average Bonchev–Trinajstić information content (AvgIpc) is 2.55. The Kier molecular flexibility index (Phi) is 3.48. The van der Waals surface area contributed by atoms with Gasteiger partial charge in [-0.2, -0.15) is 0 Å². The van der Waals surface area contributed by atoms with Gasteiger partial charge in [0.1, 0.15) is 0 Å². The summed E-state index contributed by atoms with van der Waals surface area (Å²) in [5, 5.41) is 0. The number of amides is 1. The highest BCUT2D eigenvalue weighted by atomic mass is 16.2. The topological polar surface area (TPSA) is 23.6 Å². The summed E-state index contributed by atoms with van der Waals surface area (Å²) < 4.78 is 0. The molecule has 1 amide bonds. The molecule has 0 spiro atoms. The van der Waals surface area contributed by atoms with Crippen LogP contribution in [0, 0.1) is 0 Å². The second-order valence-corrected chi connectivity index (χ2v) is 4.59. The minimum Gasteiger partial charge on any atom is -0.295 e. The van der Waals surface area contributed by atoms with Gasteiger partial charge in [0.2, 0.25) is 5.91 Å². The number of carbonyl (C=O) groups is 1. The highest BCUT2D eigenvalue weighted by molar-refractivity contribution is 5.99. The Morgan fingerprint density at radius 1 is 1.18 bits per heavy atom. The SMILES string of the molecule is CCCN1C(C)C(=O)N(c2ccccc2)C1C. The Hall–Kier alpha value is -1.35. The summed E-state index contributed by atoms with van der Waals surface area (Å²) in [6.45, 7) is 7.22. The standard InChI is InChI=1S/C14H20N2O/c1-4-10-15-11(2)14(17)16(12(15)3)13-8-6-5-7-9-13/h5-9,11-12H,4,10H2,1-3H3. The van der Waals surface area contributed by atoms with Crippen molar-refractivity contribution in [3.63, 3.8) is 0 Å². The Balaban J connectivity index is 2.27. The fraction of sp³-hybridized carbons (Fsp3) is 0.500. The zero-order valence-corrected chi connectivity index (χ0v) is 10.8.